The average molecular weight is 409 g/mol. The van der Waals surface area contributed by atoms with Gasteiger partial charge in [-0.3, -0.25) is 0 Å². The molecule has 0 saturated carbocycles. The SMILES string of the molecule is Clc1cccc(C(Br)Cc2cccc(Br)c2)c1Cl. The van der Waals surface area contributed by atoms with Gasteiger partial charge in [-0.1, -0.05) is 79.3 Å². The fourth-order valence-corrected chi connectivity index (χ4v) is 3.52. The normalized spacial score (nSPS) is 12.4. The van der Waals surface area contributed by atoms with Crippen molar-refractivity contribution >= 4 is 55.1 Å². The number of alkyl halides is 1. The number of hydrogen-bond donors (Lipinski definition) is 0. The summed E-state index contributed by atoms with van der Waals surface area (Å²) in [4.78, 5) is 0.151. The van der Waals surface area contributed by atoms with Crippen molar-refractivity contribution in [2.24, 2.45) is 0 Å². The Bertz CT molecular complexity index is 555. The maximum Gasteiger partial charge on any atom is 0.0635 e. The molecule has 0 amide bonds. The summed E-state index contributed by atoms with van der Waals surface area (Å²) in [6.45, 7) is 0. The quantitative estimate of drug-likeness (QED) is 0.513. The maximum absolute atomic E-state index is 6.21. The summed E-state index contributed by atoms with van der Waals surface area (Å²) in [6, 6.07) is 13.9. The van der Waals surface area contributed by atoms with Crippen LogP contribution < -0.4 is 0 Å². The molecule has 0 aliphatic carbocycles. The standard InChI is InChI=1S/C14H10Br2Cl2/c15-10-4-1-3-9(7-10)8-12(16)11-5-2-6-13(17)14(11)18/h1-7,12H,8H2. The van der Waals surface area contributed by atoms with Gasteiger partial charge in [0.05, 0.1) is 10.0 Å². The van der Waals surface area contributed by atoms with Crippen LogP contribution in [0.1, 0.15) is 16.0 Å². The number of rotatable bonds is 3. The molecule has 0 aliphatic heterocycles. The number of halogens is 4. The molecule has 0 N–H and O–H groups in total. The Kier molecular flexibility index (Phi) is 5.14. The molecular formula is C14H10Br2Cl2. The van der Waals surface area contributed by atoms with Crippen molar-refractivity contribution in [2.45, 2.75) is 11.2 Å². The maximum atomic E-state index is 6.21. The second-order valence-corrected chi connectivity index (χ2v) is 6.75. The van der Waals surface area contributed by atoms with Crippen LogP contribution in [0.3, 0.4) is 0 Å². The topological polar surface area (TPSA) is 0 Å². The zero-order chi connectivity index (χ0) is 13.1. The van der Waals surface area contributed by atoms with Crippen molar-refractivity contribution < 1.29 is 0 Å². The van der Waals surface area contributed by atoms with Crippen LogP contribution in [0.15, 0.2) is 46.9 Å². The Hall–Kier alpha value is -0.0200. The Morgan fingerprint density at radius 3 is 2.50 bits per heavy atom. The van der Waals surface area contributed by atoms with E-state index < -0.39 is 0 Å². The summed E-state index contributed by atoms with van der Waals surface area (Å²) in [5.74, 6) is 0. The van der Waals surface area contributed by atoms with Gasteiger partial charge in [0, 0.05) is 9.30 Å². The van der Waals surface area contributed by atoms with Crippen LogP contribution in [0.4, 0.5) is 0 Å². The van der Waals surface area contributed by atoms with Crippen molar-refractivity contribution in [3.63, 3.8) is 0 Å². The van der Waals surface area contributed by atoms with Gasteiger partial charge in [-0.05, 0) is 35.7 Å². The van der Waals surface area contributed by atoms with Crippen LogP contribution in [0.25, 0.3) is 0 Å². The molecule has 4 heteroatoms. The van der Waals surface area contributed by atoms with Crippen molar-refractivity contribution in [1.82, 2.24) is 0 Å². The van der Waals surface area contributed by atoms with Gasteiger partial charge in [0.15, 0.2) is 0 Å². The molecular weight excluding hydrogens is 399 g/mol. The Morgan fingerprint density at radius 2 is 1.78 bits per heavy atom. The molecule has 0 saturated heterocycles. The summed E-state index contributed by atoms with van der Waals surface area (Å²) in [5.41, 5.74) is 2.26. The van der Waals surface area contributed by atoms with E-state index in [0.29, 0.717) is 10.0 Å². The van der Waals surface area contributed by atoms with Crippen LogP contribution in [-0.2, 0) is 6.42 Å². The van der Waals surface area contributed by atoms with E-state index in [4.69, 9.17) is 23.2 Å². The van der Waals surface area contributed by atoms with Gasteiger partial charge < -0.3 is 0 Å². The van der Waals surface area contributed by atoms with E-state index in [1.54, 1.807) is 6.07 Å². The van der Waals surface area contributed by atoms with Crippen LogP contribution in [0.5, 0.6) is 0 Å². The highest BCUT2D eigenvalue weighted by molar-refractivity contribution is 9.10. The fraction of sp³-hybridized carbons (Fsp3) is 0.143. The lowest BCUT2D eigenvalue weighted by Gasteiger charge is -2.13. The van der Waals surface area contributed by atoms with E-state index >= 15 is 0 Å². The Morgan fingerprint density at radius 1 is 1.06 bits per heavy atom. The van der Waals surface area contributed by atoms with E-state index in [0.717, 1.165) is 16.5 Å². The van der Waals surface area contributed by atoms with Crippen LogP contribution >= 0.6 is 55.1 Å². The molecule has 18 heavy (non-hydrogen) atoms. The minimum absolute atomic E-state index is 0.151. The first-order chi connectivity index (χ1) is 8.58. The highest BCUT2D eigenvalue weighted by Gasteiger charge is 2.14. The fourth-order valence-electron chi connectivity index (χ4n) is 1.74. The molecule has 1 unspecified atom stereocenters. The second-order valence-electron chi connectivity index (χ2n) is 3.94. The van der Waals surface area contributed by atoms with E-state index in [9.17, 15) is 0 Å². The molecule has 0 fully saturated rings. The molecule has 0 aliphatic rings. The predicted molar refractivity (Wildman–Crippen MR) is 86.0 cm³/mol. The first-order valence-electron chi connectivity index (χ1n) is 5.40. The predicted octanol–water partition coefficient (Wildman–Crippen LogP) is 6.43. The molecule has 0 nitrogen and oxygen atoms in total. The van der Waals surface area contributed by atoms with Crippen molar-refractivity contribution in [3.8, 4) is 0 Å². The highest BCUT2D eigenvalue weighted by atomic mass is 79.9. The third-order valence-corrected chi connectivity index (χ3v) is 4.77. The van der Waals surface area contributed by atoms with Crippen molar-refractivity contribution in [3.05, 3.63) is 68.1 Å². The minimum atomic E-state index is 0.151. The summed E-state index contributed by atoms with van der Waals surface area (Å²) in [5, 5.41) is 1.21. The molecule has 94 valence electrons. The van der Waals surface area contributed by atoms with Crippen molar-refractivity contribution in [1.29, 1.82) is 0 Å². The molecule has 0 radical (unpaired) electrons. The summed E-state index contributed by atoms with van der Waals surface area (Å²) < 4.78 is 1.08. The van der Waals surface area contributed by atoms with Gasteiger partial charge in [-0.2, -0.15) is 0 Å². The van der Waals surface area contributed by atoms with Crippen LogP contribution in [0, 0.1) is 0 Å². The Labute approximate surface area is 134 Å². The third kappa shape index (κ3) is 3.51. The number of hydrogen-bond acceptors (Lipinski definition) is 0. The highest BCUT2D eigenvalue weighted by Crippen LogP contribution is 2.36. The van der Waals surface area contributed by atoms with Gasteiger partial charge >= 0.3 is 0 Å². The lowest BCUT2D eigenvalue weighted by molar-refractivity contribution is 0.948. The summed E-state index contributed by atoms with van der Waals surface area (Å²) >= 11 is 19.4. The van der Waals surface area contributed by atoms with Crippen molar-refractivity contribution in [2.75, 3.05) is 0 Å². The summed E-state index contributed by atoms with van der Waals surface area (Å²) in [7, 11) is 0. The first kappa shape index (κ1) is 14.4. The number of benzene rings is 2. The van der Waals surface area contributed by atoms with Gasteiger partial charge in [-0.25, -0.2) is 0 Å². The zero-order valence-electron chi connectivity index (χ0n) is 9.34. The minimum Gasteiger partial charge on any atom is -0.0835 e. The lowest BCUT2D eigenvalue weighted by Crippen LogP contribution is -1.96. The molecule has 2 aromatic rings. The Balaban J connectivity index is 2.22. The average Bonchev–Trinajstić information content (AvgIpc) is 2.32. The largest absolute Gasteiger partial charge is 0.0835 e. The van der Waals surface area contributed by atoms with Gasteiger partial charge in [-0.15, -0.1) is 0 Å². The van der Waals surface area contributed by atoms with Crippen LogP contribution in [0.2, 0.25) is 10.0 Å². The molecule has 2 aromatic carbocycles. The molecule has 0 heterocycles. The second kappa shape index (κ2) is 6.42. The third-order valence-electron chi connectivity index (χ3n) is 2.62. The zero-order valence-corrected chi connectivity index (χ0v) is 14.0. The smallest absolute Gasteiger partial charge is 0.0635 e. The lowest BCUT2D eigenvalue weighted by atomic mass is 10.0. The molecule has 1 atom stereocenters. The van der Waals surface area contributed by atoms with E-state index in [2.05, 4.69) is 44.0 Å². The van der Waals surface area contributed by atoms with E-state index in [1.165, 1.54) is 5.56 Å². The van der Waals surface area contributed by atoms with Gasteiger partial charge in [0.2, 0.25) is 0 Å². The van der Waals surface area contributed by atoms with Crippen LogP contribution in [-0.4, -0.2) is 0 Å². The monoisotopic (exact) mass is 406 g/mol. The summed E-state index contributed by atoms with van der Waals surface area (Å²) in [6.07, 6.45) is 0.861. The van der Waals surface area contributed by atoms with E-state index in [1.807, 2.05) is 24.3 Å². The van der Waals surface area contributed by atoms with Gasteiger partial charge in [0.1, 0.15) is 0 Å². The van der Waals surface area contributed by atoms with Gasteiger partial charge in [0.25, 0.3) is 0 Å². The molecule has 0 spiro atoms. The molecule has 0 aromatic heterocycles. The molecule has 2 rings (SSSR count). The first-order valence-corrected chi connectivity index (χ1v) is 7.87. The molecule has 0 bridgehead atoms. The van der Waals surface area contributed by atoms with E-state index in [-0.39, 0.29) is 4.83 Å².